The van der Waals surface area contributed by atoms with Crippen LogP contribution >= 0.6 is 11.8 Å². The molecule has 0 atom stereocenters. The van der Waals surface area contributed by atoms with E-state index in [2.05, 4.69) is 25.7 Å². The van der Waals surface area contributed by atoms with Gasteiger partial charge in [-0.25, -0.2) is 0 Å². The molecule has 1 saturated carbocycles. The number of benzene rings is 1. The predicted molar refractivity (Wildman–Crippen MR) is 110 cm³/mol. The largest absolute Gasteiger partial charge is 0.353 e. The summed E-state index contributed by atoms with van der Waals surface area (Å²) in [6, 6.07) is 8.21. The maximum absolute atomic E-state index is 12.2. The molecule has 0 spiro atoms. The molecule has 1 N–H and O–H groups in total. The monoisotopic (exact) mass is 412 g/mol. The van der Waals surface area contributed by atoms with Crippen molar-refractivity contribution in [1.82, 2.24) is 30.2 Å². The maximum Gasteiger partial charge on any atom is 0.296 e. The molecule has 152 valence electrons. The lowest BCUT2D eigenvalue weighted by molar-refractivity contribution is -0.119. The fourth-order valence-corrected chi connectivity index (χ4v) is 4.13. The first-order valence-corrected chi connectivity index (χ1v) is 10.8. The summed E-state index contributed by atoms with van der Waals surface area (Å²) in [6.07, 6.45) is 5.80. The number of aromatic nitrogens is 5. The van der Waals surface area contributed by atoms with E-state index in [1.54, 1.807) is 4.57 Å². The molecule has 1 fully saturated rings. The first-order chi connectivity index (χ1) is 14.1. The molecule has 29 heavy (non-hydrogen) atoms. The van der Waals surface area contributed by atoms with Crippen LogP contribution in [0, 0.1) is 6.92 Å². The number of rotatable bonds is 6. The molecule has 0 aliphatic heterocycles. The normalized spacial score (nSPS) is 14.8. The number of nitrogens with zero attached hydrogens (tertiary/aromatic N) is 5. The van der Waals surface area contributed by atoms with Crippen LogP contribution in [0.15, 0.2) is 33.9 Å². The Morgan fingerprint density at radius 1 is 1.21 bits per heavy atom. The highest BCUT2D eigenvalue weighted by Crippen LogP contribution is 2.24. The molecule has 8 nitrogen and oxygen atoms in total. The van der Waals surface area contributed by atoms with Crippen molar-refractivity contribution in [2.24, 2.45) is 7.05 Å². The second-order valence-corrected chi connectivity index (χ2v) is 8.29. The van der Waals surface area contributed by atoms with Crippen molar-refractivity contribution in [3.05, 3.63) is 29.8 Å². The molecule has 0 bridgehead atoms. The lowest BCUT2D eigenvalue weighted by Crippen LogP contribution is -2.37. The van der Waals surface area contributed by atoms with Gasteiger partial charge in [0.25, 0.3) is 5.89 Å². The Hall–Kier alpha value is -2.68. The molecular formula is C20H24N6O2S. The van der Waals surface area contributed by atoms with Gasteiger partial charge >= 0.3 is 0 Å². The van der Waals surface area contributed by atoms with Gasteiger partial charge in [0.1, 0.15) is 0 Å². The summed E-state index contributed by atoms with van der Waals surface area (Å²) < 4.78 is 7.15. The summed E-state index contributed by atoms with van der Waals surface area (Å²) in [7, 11) is 1.83. The van der Waals surface area contributed by atoms with E-state index in [9.17, 15) is 4.79 Å². The summed E-state index contributed by atoms with van der Waals surface area (Å²) in [4.78, 5) is 16.7. The molecule has 0 saturated heterocycles. The average molecular weight is 413 g/mol. The quantitative estimate of drug-likeness (QED) is 0.620. The van der Waals surface area contributed by atoms with Crippen molar-refractivity contribution in [2.75, 3.05) is 5.75 Å². The van der Waals surface area contributed by atoms with E-state index in [0.717, 1.165) is 18.4 Å². The molecule has 1 aliphatic carbocycles. The van der Waals surface area contributed by atoms with Crippen LogP contribution in [-0.2, 0) is 11.8 Å². The Labute approximate surface area is 173 Å². The molecule has 4 rings (SSSR count). The van der Waals surface area contributed by atoms with Crippen LogP contribution in [0.5, 0.6) is 0 Å². The SMILES string of the molecule is Cc1ccc(-c2noc(-c3nnc(SCC(=O)NC4CCCCC4)n3C)n2)cc1. The van der Waals surface area contributed by atoms with E-state index in [-0.39, 0.29) is 5.91 Å². The van der Waals surface area contributed by atoms with Gasteiger partial charge in [-0.2, -0.15) is 4.98 Å². The molecule has 1 aliphatic rings. The van der Waals surface area contributed by atoms with Crippen LogP contribution in [0.1, 0.15) is 37.7 Å². The number of thioether (sulfide) groups is 1. The highest BCUT2D eigenvalue weighted by atomic mass is 32.2. The summed E-state index contributed by atoms with van der Waals surface area (Å²) in [5, 5.41) is 16.1. The zero-order chi connectivity index (χ0) is 20.2. The van der Waals surface area contributed by atoms with Gasteiger partial charge in [-0.1, -0.05) is 66.0 Å². The number of aryl methyl sites for hydroxylation is 1. The predicted octanol–water partition coefficient (Wildman–Crippen LogP) is 3.38. The van der Waals surface area contributed by atoms with Crippen molar-refractivity contribution in [1.29, 1.82) is 0 Å². The van der Waals surface area contributed by atoms with Crippen molar-refractivity contribution >= 4 is 17.7 Å². The van der Waals surface area contributed by atoms with Gasteiger partial charge in [-0.3, -0.25) is 4.79 Å². The first kappa shape index (κ1) is 19.6. The third-order valence-electron chi connectivity index (χ3n) is 5.06. The van der Waals surface area contributed by atoms with Crippen molar-refractivity contribution in [2.45, 2.75) is 50.2 Å². The Morgan fingerprint density at radius 2 is 1.97 bits per heavy atom. The number of amides is 1. The average Bonchev–Trinajstić information content (AvgIpc) is 3.34. The molecule has 1 aromatic carbocycles. The molecule has 3 aromatic rings. The van der Waals surface area contributed by atoms with Crippen LogP contribution in [0.3, 0.4) is 0 Å². The number of carbonyl (C=O) groups excluding carboxylic acids is 1. The number of carbonyl (C=O) groups is 1. The lowest BCUT2D eigenvalue weighted by Gasteiger charge is -2.22. The Bertz CT molecular complexity index is 975. The minimum absolute atomic E-state index is 0.0332. The molecular weight excluding hydrogens is 388 g/mol. The third kappa shape index (κ3) is 4.67. The lowest BCUT2D eigenvalue weighted by atomic mass is 9.95. The Kier molecular flexibility index (Phi) is 5.94. The smallest absolute Gasteiger partial charge is 0.296 e. The van der Waals surface area contributed by atoms with Gasteiger partial charge in [-0.05, 0) is 19.8 Å². The minimum Gasteiger partial charge on any atom is -0.353 e. The highest BCUT2D eigenvalue weighted by Gasteiger charge is 2.20. The van der Waals surface area contributed by atoms with Gasteiger partial charge in [0, 0.05) is 18.7 Å². The van der Waals surface area contributed by atoms with E-state index >= 15 is 0 Å². The van der Waals surface area contributed by atoms with Gasteiger partial charge in [0.05, 0.1) is 5.75 Å². The summed E-state index contributed by atoms with van der Waals surface area (Å²) in [5.41, 5.74) is 2.04. The van der Waals surface area contributed by atoms with Gasteiger partial charge in [-0.15, -0.1) is 10.2 Å². The fraction of sp³-hybridized carbons (Fsp3) is 0.450. The second-order valence-electron chi connectivity index (χ2n) is 7.35. The van der Waals surface area contributed by atoms with Gasteiger partial charge in [0.15, 0.2) is 5.16 Å². The molecule has 1 amide bonds. The van der Waals surface area contributed by atoms with E-state index < -0.39 is 0 Å². The summed E-state index contributed by atoms with van der Waals surface area (Å²) in [6.45, 7) is 2.03. The van der Waals surface area contributed by atoms with Gasteiger partial charge in [0.2, 0.25) is 17.6 Å². The van der Waals surface area contributed by atoms with Crippen molar-refractivity contribution in [3.8, 4) is 23.1 Å². The van der Waals surface area contributed by atoms with Crippen LogP contribution in [0.25, 0.3) is 23.1 Å². The van der Waals surface area contributed by atoms with E-state index in [1.807, 2.05) is 38.2 Å². The number of hydrogen-bond acceptors (Lipinski definition) is 7. The molecule has 2 aromatic heterocycles. The van der Waals surface area contributed by atoms with Crippen molar-refractivity contribution < 1.29 is 9.32 Å². The Balaban J connectivity index is 1.39. The number of hydrogen-bond donors (Lipinski definition) is 1. The molecule has 2 heterocycles. The molecule has 0 radical (unpaired) electrons. The van der Waals surface area contributed by atoms with E-state index in [0.29, 0.717) is 34.5 Å². The minimum atomic E-state index is 0.0332. The molecule has 0 unspecified atom stereocenters. The van der Waals surface area contributed by atoms with Gasteiger partial charge < -0.3 is 14.4 Å². The first-order valence-electron chi connectivity index (χ1n) is 9.83. The topological polar surface area (TPSA) is 98.7 Å². The number of nitrogens with one attached hydrogen (secondary N) is 1. The second kappa shape index (κ2) is 8.77. The zero-order valence-corrected chi connectivity index (χ0v) is 17.4. The van der Waals surface area contributed by atoms with E-state index in [1.165, 1.54) is 36.6 Å². The van der Waals surface area contributed by atoms with Crippen LogP contribution < -0.4 is 5.32 Å². The van der Waals surface area contributed by atoms with Crippen LogP contribution in [0.2, 0.25) is 0 Å². The zero-order valence-electron chi connectivity index (χ0n) is 16.6. The Morgan fingerprint density at radius 3 is 2.72 bits per heavy atom. The highest BCUT2D eigenvalue weighted by molar-refractivity contribution is 7.99. The fourth-order valence-electron chi connectivity index (χ4n) is 3.41. The maximum atomic E-state index is 12.2. The standard InChI is InChI=1S/C20H24N6O2S/c1-13-8-10-14(11-9-13)17-22-19(28-25-17)18-23-24-20(26(18)2)29-12-16(27)21-15-6-4-3-5-7-15/h8-11,15H,3-7,12H2,1-2H3,(H,21,27). The molecule has 9 heteroatoms. The summed E-state index contributed by atoms with van der Waals surface area (Å²) >= 11 is 1.35. The van der Waals surface area contributed by atoms with E-state index in [4.69, 9.17) is 4.52 Å². The van der Waals surface area contributed by atoms with Crippen molar-refractivity contribution in [3.63, 3.8) is 0 Å². The van der Waals surface area contributed by atoms with Crippen LogP contribution in [-0.4, -0.2) is 42.6 Å². The van der Waals surface area contributed by atoms with Crippen LogP contribution in [0.4, 0.5) is 0 Å². The third-order valence-corrected chi connectivity index (χ3v) is 6.08. The summed E-state index contributed by atoms with van der Waals surface area (Å²) in [5.74, 6) is 1.62.